The number of hydrogen-bond donors (Lipinski definition) is 3. The van der Waals surface area contributed by atoms with Crippen LogP contribution in [0, 0.1) is 5.41 Å². The average Bonchev–Trinajstić information content (AvgIpc) is 2.94. The van der Waals surface area contributed by atoms with E-state index in [2.05, 4.69) is 5.32 Å². The molecule has 0 aliphatic carbocycles. The Morgan fingerprint density at radius 1 is 1.53 bits per heavy atom. The molecule has 19 heavy (non-hydrogen) atoms. The van der Waals surface area contributed by atoms with Gasteiger partial charge in [0.25, 0.3) is 0 Å². The molecule has 0 aromatic heterocycles. The fourth-order valence-corrected chi connectivity index (χ4v) is 2.47. The van der Waals surface area contributed by atoms with Crippen LogP contribution < -0.4 is 5.32 Å². The molecular formula is C13H23NO4S. The lowest BCUT2D eigenvalue weighted by atomic mass is 9.95. The van der Waals surface area contributed by atoms with Crippen molar-refractivity contribution in [3.8, 4) is 0 Å². The molecule has 110 valence electrons. The van der Waals surface area contributed by atoms with Crippen LogP contribution in [0.3, 0.4) is 0 Å². The van der Waals surface area contributed by atoms with Crippen molar-refractivity contribution in [1.29, 1.82) is 0 Å². The molecule has 0 aromatic carbocycles. The predicted molar refractivity (Wildman–Crippen MR) is 75.6 cm³/mol. The Morgan fingerprint density at radius 3 is 2.84 bits per heavy atom. The smallest absolute Gasteiger partial charge is 0.307 e. The lowest BCUT2D eigenvalue weighted by Crippen LogP contribution is -2.33. The number of carbonyl (C=O) groups is 1. The number of esters is 1. The Morgan fingerprint density at radius 2 is 2.26 bits per heavy atom. The van der Waals surface area contributed by atoms with Crippen molar-refractivity contribution in [3.05, 3.63) is 11.1 Å². The molecule has 1 aliphatic rings. The summed E-state index contributed by atoms with van der Waals surface area (Å²) in [7, 11) is 0. The number of aliphatic hydroxyl groups is 2. The number of nitrogens with one attached hydrogen (secondary N) is 1. The van der Waals surface area contributed by atoms with E-state index in [-0.39, 0.29) is 32.2 Å². The third-order valence-corrected chi connectivity index (χ3v) is 4.12. The van der Waals surface area contributed by atoms with Crippen LogP contribution >= 0.6 is 11.8 Å². The number of rotatable bonds is 8. The maximum Gasteiger partial charge on any atom is 0.307 e. The predicted octanol–water partition coefficient (Wildman–Crippen LogP) is 0.869. The summed E-state index contributed by atoms with van der Waals surface area (Å²) in [5.41, 5.74) is -0.758. The number of aliphatic hydroxyl groups excluding tert-OH is 2. The summed E-state index contributed by atoms with van der Waals surface area (Å²) in [6.07, 6.45) is 4.59. The first-order valence-electron chi connectivity index (χ1n) is 6.52. The van der Waals surface area contributed by atoms with Crippen LogP contribution in [-0.2, 0) is 9.53 Å². The highest BCUT2D eigenvalue weighted by atomic mass is 32.2. The highest BCUT2D eigenvalue weighted by Crippen LogP contribution is 2.29. The van der Waals surface area contributed by atoms with Gasteiger partial charge in [0.15, 0.2) is 0 Å². The molecular weight excluding hydrogens is 266 g/mol. The van der Waals surface area contributed by atoms with Crippen LogP contribution in [0.15, 0.2) is 11.1 Å². The largest absolute Gasteiger partial charge is 0.465 e. The first-order valence-corrected chi connectivity index (χ1v) is 7.51. The van der Waals surface area contributed by atoms with Gasteiger partial charge in [0.1, 0.15) is 6.61 Å². The molecule has 0 unspecified atom stereocenters. The van der Waals surface area contributed by atoms with E-state index in [0.29, 0.717) is 6.54 Å². The molecule has 1 heterocycles. The molecule has 0 spiro atoms. The number of allylic oxidation sites excluding steroid dienone is 1. The average molecular weight is 289 g/mol. The summed E-state index contributed by atoms with van der Waals surface area (Å²) in [6, 6.07) is 0. The van der Waals surface area contributed by atoms with Crippen LogP contribution in [-0.4, -0.2) is 48.3 Å². The van der Waals surface area contributed by atoms with E-state index >= 15 is 0 Å². The lowest BCUT2D eigenvalue weighted by molar-refractivity contribution is -0.148. The minimum Gasteiger partial charge on any atom is -0.465 e. The molecule has 1 rings (SSSR count). The zero-order chi connectivity index (χ0) is 14.1. The van der Waals surface area contributed by atoms with Gasteiger partial charge in [0.05, 0.1) is 19.6 Å². The topological polar surface area (TPSA) is 78.8 Å². The maximum atomic E-state index is 11.5. The SMILES string of the molecule is CC(CO)(CO)COC(=O)CCN/C=C1\CCCS1. The fourth-order valence-electron chi connectivity index (χ4n) is 1.46. The summed E-state index contributed by atoms with van der Waals surface area (Å²) >= 11 is 1.85. The van der Waals surface area contributed by atoms with Crippen molar-refractivity contribution in [3.63, 3.8) is 0 Å². The van der Waals surface area contributed by atoms with E-state index in [9.17, 15) is 4.79 Å². The lowest BCUT2D eigenvalue weighted by Gasteiger charge is -2.23. The summed E-state index contributed by atoms with van der Waals surface area (Å²) < 4.78 is 5.04. The molecule has 3 N–H and O–H groups in total. The monoisotopic (exact) mass is 289 g/mol. The number of hydrogen-bond acceptors (Lipinski definition) is 6. The van der Waals surface area contributed by atoms with E-state index in [1.165, 1.54) is 17.1 Å². The Bertz CT molecular complexity index is 308. The molecule has 0 aromatic rings. The molecule has 0 radical (unpaired) electrons. The standard InChI is InChI=1S/C13H23NO4S/c1-13(8-15,9-16)10-18-12(17)4-5-14-7-11-3-2-6-19-11/h7,14-16H,2-6,8-10H2,1H3/b11-7+. The minimum absolute atomic E-state index is 0.0375. The Kier molecular flexibility index (Phi) is 7.27. The van der Waals surface area contributed by atoms with Gasteiger partial charge in [-0.15, -0.1) is 11.8 Å². The van der Waals surface area contributed by atoms with Crippen LogP contribution in [0.5, 0.6) is 0 Å². The van der Waals surface area contributed by atoms with Crippen molar-refractivity contribution in [1.82, 2.24) is 5.32 Å². The maximum absolute atomic E-state index is 11.5. The van der Waals surface area contributed by atoms with Crippen molar-refractivity contribution >= 4 is 17.7 Å². The first kappa shape index (κ1) is 16.3. The number of ether oxygens (including phenoxy) is 1. The second-order valence-corrected chi connectivity index (χ2v) is 6.28. The van der Waals surface area contributed by atoms with E-state index < -0.39 is 5.41 Å². The van der Waals surface area contributed by atoms with Crippen LogP contribution in [0.4, 0.5) is 0 Å². The summed E-state index contributed by atoms with van der Waals surface area (Å²) in [6.45, 7) is 1.82. The highest BCUT2D eigenvalue weighted by molar-refractivity contribution is 8.03. The first-order chi connectivity index (χ1) is 9.09. The van der Waals surface area contributed by atoms with Gasteiger partial charge in [-0.1, -0.05) is 6.92 Å². The Labute approximate surface area is 118 Å². The molecule has 0 atom stereocenters. The van der Waals surface area contributed by atoms with Gasteiger partial charge < -0.3 is 20.3 Å². The van der Waals surface area contributed by atoms with Crippen molar-refractivity contribution < 1.29 is 19.7 Å². The van der Waals surface area contributed by atoms with E-state index in [1.54, 1.807) is 6.92 Å². The second-order valence-electron chi connectivity index (χ2n) is 5.05. The molecule has 1 fully saturated rings. The molecule has 0 bridgehead atoms. The molecule has 1 saturated heterocycles. The third kappa shape index (κ3) is 6.31. The van der Waals surface area contributed by atoms with Gasteiger partial charge in [-0.2, -0.15) is 0 Å². The van der Waals surface area contributed by atoms with E-state index in [4.69, 9.17) is 14.9 Å². The van der Waals surface area contributed by atoms with Crippen molar-refractivity contribution in [2.24, 2.45) is 5.41 Å². The quantitative estimate of drug-likeness (QED) is 0.454. The molecule has 0 amide bonds. The van der Waals surface area contributed by atoms with Gasteiger partial charge in [-0.05, 0) is 18.6 Å². The van der Waals surface area contributed by atoms with Gasteiger partial charge >= 0.3 is 5.97 Å². The summed E-state index contributed by atoms with van der Waals surface area (Å²) in [5.74, 6) is 0.856. The summed E-state index contributed by atoms with van der Waals surface area (Å²) in [5, 5.41) is 21.2. The van der Waals surface area contributed by atoms with Crippen molar-refractivity contribution in [2.75, 3.05) is 32.1 Å². The number of thioether (sulfide) groups is 1. The zero-order valence-corrected chi connectivity index (χ0v) is 12.2. The Hall–Kier alpha value is -0.720. The third-order valence-electron chi connectivity index (χ3n) is 2.94. The van der Waals surface area contributed by atoms with Gasteiger partial charge in [-0.25, -0.2) is 0 Å². The van der Waals surface area contributed by atoms with E-state index in [0.717, 1.165) is 6.42 Å². The molecule has 1 aliphatic heterocycles. The van der Waals surface area contributed by atoms with E-state index in [1.807, 2.05) is 18.0 Å². The fraction of sp³-hybridized carbons (Fsp3) is 0.769. The van der Waals surface area contributed by atoms with Gasteiger partial charge in [-0.3, -0.25) is 4.79 Å². The molecule has 5 nitrogen and oxygen atoms in total. The van der Waals surface area contributed by atoms with Crippen LogP contribution in [0.1, 0.15) is 26.2 Å². The van der Waals surface area contributed by atoms with Crippen LogP contribution in [0.2, 0.25) is 0 Å². The zero-order valence-electron chi connectivity index (χ0n) is 11.4. The van der Waals surface area contributed by atoms with Crippen LogP contribution in [0.25, 0.3) is 0 Å². The highest BCUT2D eigenvalue weighted by Gasteiger charge is 2.24. The molecule has 0 saturated carbocycles. The minimum atomic E-state index is -0.758. The normalized spacial score (nSPS) is 17.7. The van der Waals surface area contributed by atoms with Gasteiger partial charge in [0, 0.05) is 23.1 Å². The molecule has 6 heteroatoms. The second kappa shape index (κ2) is 8.45. The number of carbonyl (C=O) groups excluding carboxylic acids is 1. The van der Waals surface area contributed by atoms with Gasteiger partial charge in [0.2, 0.25) is 0 Å². The van der Waals surface area contributed by atoms with Crippen molar-refractivity contribution in [2.45, 2.75) is 26.2 Å². The summed E-state index contributed by atoms with van der Waals surface area (Å²) in [4.78, 5) is 12.8. The Balaban J connectivity index is 2.12.